The molecular weight excluding hydrogens is 649 g/mol. The van der Waals surface area contributed by atoms with Crippen LogP contribution in [0.25, 0.3) is 33.6 Å². The van der Waals surface area contributed by atoms with Gasteiger partial charge < -0.3 is 20.1 Å². The Morgan fingerprint density at radius 1 is 0.938 bits per heavy atom. The molecular formula is C37H37Cl2N5O4. The van der Waals surface area contributed by atoms with E-state index in [0.29, 0.717) is 53.3 Å². The molecule has 48 heavy (non-hydrogen) atoms. The lowest BCUT2D eigenvalue weighted by molar-refractivity contribution is -0.139. The number of ether oxygens (including phenoxy) is 2. The van der Waals surface area contributed by atoms with Crippen LogP contribution >= 0.6 is 23.2 Å². The second-order valence-electron chi connectivity index (χ2n) is 12.5. The SMILES string of the molecule is COc1nc(-c2cccc(-c3ccnc(-c4ccc5c(c4)CCC[C@@H]5NCC4CCC(=O)N4)c3Cl)c2Cl)ccc1CNC1CCOC1=O. The number of nitrogens with zero attached hydrogens (tertiary/aromatic N) is 2. The van der Waals surface area contributed by atoms with E-state index in [4.69, 9.17) is 42.6 Å². The Bertz CT molecular complexity index is 1870. The highest BCUT2D eigenvalue weighted by Gasteiger charge is 2.27. The largest absolute Gasteiger partial charge is 0.481 e. The van der Waals surface area contributed by atoms with Gasteiger partial charge in [0.1, 0.15) is 6.04 Å². The summed E-state index contributed by atoms with van der Waals surface area (Å²) in [7, 11) is 1.57. The summed E-state index contributed by atoms with van der Waals surface area (Å²) >= 11 is 14.2. The van der Waals surface area contributed by atoms with E-state index in [-0.39, 0.29) is 30.0 Å². The van der Waals surface area contributed by atoms with E-state index >= 15 is 0 Å². The van der Waals surface area contributed by atoms with Gasteiger partial charge in [-0.05, 0) is 55.0 Å². The van der Waals surface area contributed by atoms with E-state index in [1.165, 1.54) is 11.1 Å². The first-order chi connectivity index (χ1) is 23.4. The summed E-state index contributed by atoms with van der Waals surface area (Å²) in [5, 5.41) is 11.0. The molecule has 1 amide bonds. The van der Waals surface area contributed by atoms with Crippen molar-refractivity contribution in [3.05, 3.63) is 87.5 Å². The highest BCUT2D eigenvalue weighted by atomic mass is 35.5. The molecule has 2 fully saturated rings. The predicted octanol–water partition coefficient (Wildman–Crippen LogP) is 6.44. The third kappa shape index (κ3) is 6.65. The molecule has 2 aromatic heterocycles. The summed E-state index contributed by atoms with van der Waals surface area (Å²) < 4.78 is 10.7. The molecule has 0 spiro atoms. The van der Waals surface area contributed by atoms with E-state index in [1.807, 2.05) is 36.4 Å². The molecule has 2 unspecified atom stereocenters. The number of nitrogens with one attached hydrogen (secondary N) is 3. The zero-order valence-corrected chi connectivity index (χ0v) is 28.2. The van der Waals surface area contributed by atoms with Gasteiger partial charge in [0, 0.05) is 72.0 Å². The molecule has 248 valence electrons. The minimum atomic E-state index is -0.330. The summed E-state index contributed by atoms with van der Waals surface area (Å²) in [4.78, 5) is 33.0. The van der Waals surface area contributed by atoms with Crippen LogP contribution in [-0.4, -0.2) is 54.2 Å². The molecule has 7 rings (SSSR count). The lowest BCUT2D eigenvalue weighted by Crippen LogP contribution is -2.38. The normalized spacial score (nSPS) is 20.4. The average Bonchev–Trinajstić information content (AvgIpc) is 3.73. The predicted molar refractivity (Wildman–Crippen MR) is 186 cm³/mol. The number of carbonyl (C=O) groups excluding carboxylic acids is 2. The number of aromatic nitrogens is 2. The molecule has 0 radical (unpaired) electrons. The summed E-state index contributed by atoms with van der Waals surface area (Å²) in [6.07, 6.45) is 7.04. The van der Waals surface area contributed by atoms with Crippen molar-refractivity contribution in [2.24, 2.45) is 0 Å². The molecule has 2 saturated heterocycles. The van der Waals surface area contributed by atoms with Gasteiger partial charge in [0.15, 0.2) is 0 Å². The summed E-state index contributed by atoms with van der Waals surface area (Å²) in [5.41, 5.74) is 8.01. The van der Waals surface area contributed by atoms with Gasteiger partial charge in [0.05, 0.1) is 35.1 Å². The van der Waals surface area contributed by atoms with Crippen LogP contribution < -0.4 is 20.7 Å². The second-order valence-corrected chi connectivity index (χ2v) is 13.3. The number of fused-ring (bicyclic) bond motifs is 1. The molecule has 0 bridgehead atoms. The number of benzene rings is 2. The molecule has 9 nitrogen and oxygen atoms in total. The van der Waals surface area contributed by atoms with Crippen LogP contribution in [0.2, 0.25) is 10.0 Å². The van der Waals surface area contributed by atoms with E-state index in [0.717, 1.165) is 60.0 Å². The van der Waals surface area contributed by atoms with Crippen LogP contribution in [0.5, 0.6) is 5.88 Å². The Kier molecular flexibility index (Phi) is 9.64. The van der Waals surface area contributed by atoms with Crippen LogP contribution in [0, 0.1) is 0 Å². The highest BCUT2D eigenvalue weighted by molar-refractivity contribution is 6.39. The van der Waals surface area contributed by atoms with Crippen molar-refractivity contribution in [1.82, 2.24) is 25.9 Å². The molecule has 2 aliphatic heterocycles. The minimum Gasteiger partial charge on any atom is -0.481 e. The van der Waals surface area contributed by atoms with Crippen molar-refractivity contribution in [2.45, 2.75) is 63.2 Å². The molecule has 3 aliphatic rings. The monoisotopic (exact) mass is 685 g/mol. The number of carbonyl (C=O) groups is 2. The van der Waals surface area contributed by atoms with Gasteiger partial charge in [-0.2, -0.15) is 0 Å². The first-order valence-corrected chi connectivity index (χ1v) is 17.2. The van der Waals surface area contributed by atoms with Crippen molar-refractivity contribution >= 4 is 35.1 Å². The van der Waals surface area contributed by atoms with Crippen LogP contribution in [-0.2, 0) is 27.3 Å². The number of pyridine rings is 2. The number of hydrogen-bond acceptors (Lipinski definition) is 8. The van der Waals surface area contributed by atoms with Crippen LogP contribution in [0.1, 0.15) is 54.8 Å². The van der Waals surface area contributed by atoms with Crippen molar-refractivity contribution in [2.75, 3.05) is 20.3 Å². The Morgan fingerprint density at radius 3 is 2.58 bits per heavy atom. The number of hydrogen-bond donors (Lipinski definition) is 3. The molecule has 4 heterocycles. The molecule has 3 atom stereocenters. The molecule has 3 N–H and O–H groups in total. The third-order valence-electron chi connectivity index (χ3n) is 9.49. The summed E-state index contributed by atoms with van der Waals surface area (Å²) in [6, 6.07) is 18.1. The molecule has 0 saturated carbocycles. The van der Waals surface area contributed by atoms with E-state index < -0.39 is 0 Å². The minimum absolute atomic E-state index is 0.139. The smallest absolute Gasteiger partial charge is 0.323 e. The van der Waals surface area contributed by atoms with Crippen molar-refractivity contribution in [1.29, 1.82) is 0 Å². The number of amides is 1. The molecule has 1 aliphatic carbocycles. The number of rotatable bonds is 10. The topological polar surface area (TPSA) is 114 Å². The van der Waals surface area contributed by atoms with Gasteiger partial charge in [-0.3, -0.25) is 19.9 Å². The van der Waals surface area contributed by atoms with Crippen molar-refractivity contribution in [3.8, 4) is 39.5 Å². The lowest BCUT2D eigenvalue weighted by Gasteiger charge is -2.28. The maximum atomic E-state index is 11.9. The van der Waals surface area contributed by atoms with Gasteiger partial charge in [-0.15, -0.1) is 0 Å². The van der Waals surface area contributed by atoms with E-state index in [1.54, 1.807) is 13.3 Å². The fourth-order valence-electron chi connectivity index (χ4n) is 6.92. The van der Waals surface area contributed by atoms with Gasteiger partial charge >= 0.3 is 5.97 Å². The number of cyclic esters (lactones) is 1. The van der Waals surface area contributed by atoms with Gasteiger partial charge in [-0.1, -0.05) is 59.6 Å². The number of methoxy groups -OCH3 is 1. The van der Waals surface area contributed by atoms with Gasteiger partial charge in [0.2, 0.25) is 11.8 Å². The fourth-order valence-corrected chi connectivity index (χ4v) is 7.57. The maximum Gasteiger partial charge on any atom is 0.323 e. The fraction of sp³-hybridized carbons (Fsp3) is 0.351. The van der Waals surface area contributed by atoms with Crippen LogP contribution in [0.15, 0.2) is 60.8 Å². The zero-order chi connectivity index (χ0) is 33.2. The second kappa shape index (κ2) is 14.2. The highest BCUT2D eigenvalue weighted by Crippen LogP contribution is 2.42. The van der Waals surface area contributed by atoms with Crippen molar-refractivity contribution in [3.63, 3.8) is 0 Å². The molecule has 2 aromatic carbocycles. The Balaban J connectivity index is 1.13. The standard InChI is InChI=1S/C37H37Cl2N5O4/c1-47-36-23(19-41-31-15-17-48-37(31)46)9-12-30(44-36)28-6-3-5-26(33(28)38)27-14-16-40-35(34(27)39)22-8-11-25-21(18-22)4-2-7-29(25)42-20-24-10-13-32(45)43-24/h3,5-6,8-9,11-12,14,16,18,24,29,31,41-42H,2,4,7,10,13,15,17,19-20H2,1H3,(H,43,45)/t24?,29-,31?/m0/s1. The average molecular weight is 687 g/mol. The molecule has 11 heteroatoms. The summed E-state index contributed by atoms with van der Waals surface area (Å²) in [6.45, 7) is 1.62. The van der Waals surface area contributed by atoms with Crippen LogP contribution in [0.4, 0.5) is 0 Å². The Labute approximate surface area is 289 Å². The maximum absolute atomic E-state index is 11.9. The van der Waals surface area contributed by atoms with Crippen LogP contribution in [0.3, 0.4) is 0 Å². The number of halogens is 2. The van der Waals surface area contributed by atoms with Gasteiger partial charge in [-0.25, -0.2) is 4.98 Å². The Morgan fingerprint density at radius 2 is 1.79 bits per heavy atom. The number of esters is 1. The lowest BCUT2D eigenvalue weighted by atomic mass is 9.86. The molecule has 4 aromatic rings. The zero-order valence-electron chi connectivity index (χ0n) is 26.7. The third-order valence-corrected chi connectivity index (χ3v) is 10.3. The van der Waals surface area contributed by atoms with E-state index in [2.05, 4.69) is 34.1 Å². The van der Waals surface area contributed by atoms with Gasteiger partial charge in [0.25, 0.3) is 0 Å². The van der Waals surface area contributed by atoms with Crippen molar-refractivity contribution < 1.29 is 19.1 Å². The summed E-state index contributed by atoms with van der Waals surface area (Å²) in [5.74, 6) is 0.355. The Hall–Kier alpha value is -4.02. The first-order valence-electron chi connectivity index (χ1n) is 16.4. The quantitative estimate of drug-likeness (QED) is 0.163. The number of aryl methyl sites for hydroxylation is 1. The van der Waals surface area contributed by atoms with E-state index in [9.17, 15) is 9.59 Å². The first kappa shape index (κ1) is 32.5.